The molecule has 106 valence electrons. The van der Waals surface area contributed by atoms with Crippen LogP contribution in [0, 0.1) is 11.8 Å². The molecule has 1 aromatic carbocycles. The Morgan fingerprint density at radius 3 is 2.48 bits per heavy atom. The van der Waals surface area contributed by atoms with Crippen LogP contribution >= 0.6 is 0 Å². The van der Waals surface area contributed by atoms with E-state index in [2.05, 4.69) is 0 Å². The monoisotopic (exact) mass is 284 g/mol. The van der Waals surface area contributed by atoms with E-state index in [1.807, 2.05) is 18.2 Å². The molecule has 5 nitrogen and oxygen atoms in total. The van der Waals surface area contributed by atoms with Crippen LogP contribution in [0.15, 0.2) is 30.4 Å². The molecule has 0 amide bonds. The van der Waals surface area contributed by atoms with E-state index in [0.29, 0.717) is 5.56 Å². The van der Waals surface area contributed by atoms with E-state index in [9.17, 15) is 14.4 Å². The summed E-state index contributed by atoms with van der Waals surface area (Å²) in [6, 6.07) is 5.36. The smallest absolute Gasteiger partial charge is 0.338 e. The fraction of sp³-hybridized carbons (Fsp3) is 0.312. The van der Waals surface area contributed by atoms with Crippen LogP contribution in [0.4, 0.5) is 0 Å². The molecule has 1 aliphatic heterocycles. The van der Waals surface area contributed by atoms with Crippen LogP contribution in [-0.2, 0) is 19.1 Å². The van der Waals surface area contributed by atoms with Crippen molar-refractivity contribution in [1.29, 1.82) is 0 Å². The van der Waals surface area contributed by atoms with Crippen LogP contribution in [-0.4, -0.2) is 25.0 Å². The van der Waals surface area contributed by atoms with Crippen LogP contribution in [0.5, 0.6) is 0 Å². The maximum absolute atomic E-state index is 12.0. The molecule has 1 aromatic rings. The van der Waals surface area contributed by atoms with E-state index < -0.39 is 29.7 Å². The molecule has 1 heterocycles. The van der Waals surface area contributed by atoms with Crippen molar-refractivity contribution in [3.05, 3.63) is 47.0 Å². The third-order valence-electron chi connectivity index (χ3n) is 4.67. The third kappa shape index (κ3) is 1.43. The minimum atomic E-state index is -0.522. The summed E-state index contributed by atoms with van der Waals surface area (Å²) >= 11 is 0. The van der Waals surface area contributed by atoms with Gasteiger partial charge in [-0.25, -0.2) is 4.79 Å². The molecule has 1 fully saturated rings. The zero-order valence-electron chi connectivity index (χ0n) is 11.2. The van der Waals surface area contributed by atoms with Gasteiger partial charge in [-0.3, -0.25) is 9.59 Å². The van der Waals surface area contributed by atoms with Crippen LogP contribution in [0.2, 0.25) is 0 Å². The van der Waals surface area contributed by atoms with Crippen LogP contribution in [0.25, 0.3) is 0 Å². The molecule has 21 heavy (non-hydrogen) atoms. The number of esters is 3. The van der Waals surface area contributed by atoms with E-state index in [1.165, 1.54) is 7.11 Å². The summed E-state index contributed by atoms with van der Waals surface area (Å²) in [5.41, 5.74) is 2.17. The van der Waals surface area contributed by atoms with Gasteiger partial charge in [0, 0.05) is 11.8 Å². The van der Waals surface area contributed by atoms with Gasteiger partial charge in [0.2, 0.25) is 0 Å². The van der Waals surface area contributed by atoms with Gasteiger partial charge in [-0.15, -0.1) is 0 Å². The number of carbonyl (C=O) groups is 3. The maximum atomic E-state index is 12.0. The molecule has 0 spiro atoms. The van der Waals surface area contributed by atoms with Gasteiger partial charge >= 0.3 is 17.9 Å². The molecule has 4 atom stereocenters. The van der Waals surface area contributed by atoms with E-state index in [0.717, 1.165) is 11.1 Å². The lowest BCUT2D eigenvalue weighted by molar-refractivity contribution is -0.153. The van der Waals surface area contributed by atoms with Crippen molar-refractivity contribution in [3.8, 4) is 0 Å². The summed E-state index contributed by atoms with van der Waals surface area (Å²) in [6.45, 7) is 0. The van der Waals surface area contributed by atoms with E-state index >= 15 is 0 Å². The number of benzene rings is 1. The average Bonchev–Trinajstić information content (AvgIpc) is 2.83. The Kier molecular flexibility index (Phi) is 2.37. The Bertz CT molecular complexity index is 717. The first-order valence-electron chi connectivity index (χ1n) is 6.78. The highest BCUT2D eigenvalue weighted by molar-refractivity contribution is 6.00. The first kappa shape index (κ1) is 12.3. The van der Waals surface area contributed by atoms with E-state index in [1.54, 1.807) is 12.1 Å². The average molecular weight is 284 g/mol. The molecule has 1 saturated heterocycles. The second-order valence-corrected chi connectivity index (χ2v) is 5.53. The molecule has 3 aliphatic carbocycles. The highest BCUT2D eigenvalue weighted by Crippen LogP contribution is 2.55. The Morgan fingerprint density at radius 1 is 1.10 bits per heavy atom. The second kappa shape index (κ2) is 4.04. The van der Waals surface area contributed by atoms with Gasteiger partial charge in [-0.1, -0.05) is 24.3 Å². The molecule has 0 radical (unpaired) electrons. The number of rotatable bonds is 1. The lowest BCUT2D eigenvalue weighted by Crippen LogP contribution is -2.38. The molecular formula is C16H12O5. The van der Waals surface area contributed by atoms with E-state index in [-0.39, 0.29) is 11.8 Å². The summed E-state index contributed by atoms with van der Waals surface area (Å²) < 4.78 is 9.64. The highest BCUT2D eigenvalue weighted by Gasteiger charge is 2.57. The van der Waals surface area contributed by atoms with Crippen molar-refractivity contribution in [2.45, 2.75) is 11.8 Å². The Labute approximate surface area is 120 Å². The van der Waals surface area contributed by atoms with Crippen molar-refractivity contribution >= 4 is 17.9 Å². The second-order valence-electron chi connectivity index (χ2n) is 5.53. The first-order chi connectivity index (χ1) is 10.1. The summed E-state index contributed by atoms with van der Waals surface area (Å²) in [5.74, 6) is -2.88. The fourth-order valence-electron chi connectivity index (χ4n) is 3.85. The molecular weight excluding hydrogens is 272 g/mol. The highest BCUT2D eigenvalue weighted by atomic mass is 16.6. The summed E-state index contributed by atoms with van der Waals surface area (Å²) in [5, 5.41) is 0. The SMILES string of the molecule is COC(=O)c1cccc2c1[C@H]1C=C[C@@H]2[C@H]2C(=O)OC(=O)[C@@H]21. The molecule has 0 N–H and O–H groups in total. The van der Waals surface area contributed by atoms with Crippen molar-refractivity contribution in [2.24, 2.45) is 11.8 Å². The van der Waals surface area contributed by atoms with Crippen molar-refractivity contribution < 1.29 is 23.9 Å². The summed E-state index contributed by atoms with van der Waals surface area (Å²) in [4.78, 5) is 35.9. The molecule has 4 aliphatic rings. The maximum Gasteiger partial charge on any atom is 0.338 e. The van der Waals surface area contributed by atoms with Gasteiger partial charge in [0.25, 0.3) is 0 Å². The van der Waals surface area contributed by atoms with Crippen molar-refractivity contribution in [2.75, 3.05) is 7.11 Å². The molecule has 0 unspecified atom stereocenters. The number of hydrogen-bond acceptors (Lipinski definition) is 5. The molecule has 0 saturated carbocycles. The quantitative estimate of drug-likeness (QED) is 0.444. The number of hydrogen-bond donors (Lipinski definition) is 0. The number of allylic oxidation sites excluding steroid dienone is 2. The van der Waals surface area contributed by atoms with Gasteiger partial charge in [-0.2, -0.15) is 0 Å². The summed E-state index contributed by atoms with van der Waals surface area (Å²) in [6.07, 6.45) is 3.84. The van der Waals surface area contributed by atoms with E-state index in [4.69, 9.17) is 9.47 Å². The molecule has 5 rings (SSSR count). The van der Waals surface area contributed by atoms with Gasteiger partial charge in [-0.05, 0) is 17.2 Å². The van der Waals surface area contributed by atoms with Gasteiger partial charge < -0.3 is 9.47 Å². The number of carbonyl (C=O) groups excluding carboxylic acids is 3. The first-order valence-corrected chi connectivity index (χ1v) is 6.78. The zero-order chi connectivity index (χ0) is 14.7. The molecule has 0 aromatic heterocycles. The van der Waals surface area contributed by atoms with Crippen LogP contribution in [0.3, 0.4) is 0 Å². The number of cyclic esters (lactones) is 2. The standard InChI is InChI=1S/C16H12O5/c1-20-14(17)10-4-2-3-7-8-5-6-9(11(7)10)13-12(8)15(18)21-16(13)19/h2-6,8-9,12-13H,1H3/t8-,9+,12+,13+/m0/s1. The van der Waals surface area contributed by atoms with Crippen molar-refractivity contribution in [1.82, 2.24) is 0 Å². The minimum absolute atomic E-state index is 0.210. The predicted octanol–water partition coefficient (Wildman–Crippen LogP) is 1.54. The Hall–Kier alpha value is -2.43. The zero-order valence-corrected chi connectivity index (χ0v) is 11.2. The topological polar surface area (TPSA) is 69.7 Å². The van der Waals surface area contributed by atoms with Gasteiger partial charge in [0.15, 0.2) is 0 Å². The Balaban J connectivity index is 1.95. The van der Waals surface area contributed by atoms with Crippen LogP contribution in [0.1, 0.15) is 33.3 Å². The lowest BCUT2D eigenvalue weighted by atomic mass is 9.60. The molecule has 5 heteroatoms. The predicted molar refractivity (Wildman–Crippen MR) is 70.5 cm³/mol. The fourth-order valence-corrected chi connectivity index (χ4v) is 3.85. The van der Waals surface area contributed by atoms with Gasteiger partial charge in [0.1, 0.15) is 0 Å². The van der Waals surface area contributed by atoms with Crippen molar-refractivity contribution in [3.63, 3.8) is 0 Å². The lowest BCUT2D eigenvalue weighted by Gasteiger charge is -2.40. The molecule has 2 bridgehead atoms. The van der Waals surface area contributed by atoms with Gasteiger partial charge in [0.05, 0.1) is 24.5 Å². The number of methoxy groups -OCH3 is 1. The number of ether oxygens (including phenoxy) is 2. The van der Waals surface area contributed by atoms with Crippen LogP contribution < -0.4 is 0 Å². The summed E-state index contributed by atoms with van der Waals surface area (Å²) in [7, 11) is 1.33. The largest absolute Gasteiger partial charge is 0.465 e. The third-order valence-corrected chi connectivity index (χ3v) is 4.67. The minimum Gasteiger partial charge on any atom is -0.465 e. The normalized spacial score (nSPS) is 31.7. The Morgan fingerprint density at radius 2 is 1.76 bits per heavy atom.